The molecule has 1 saturated heterocycles. The third-order valence-electron chi connectivity index (χ3n) is 5.66. The van der Waals surface area contributed by atoms with Crippen LogP contribution in [0, 0.1) is 0 Å². The average molecular weight is 475 g/mol. The first-order valence-electron chi connectivity index (χ1n) is 10.5. The molecule has 1 fully saturated rings. The van der Waals surface area contributed by atoms with Crippen LogP contribution in [0.25, 0.3) is 10.2 Å². The molecular weight excluding hydrogens is 448 g/mol. The number of fused-ring (bicyclic) bond motifs is 1. The summed E-state index contributed by atoms with van der Waals surface area (Å²) in [6.07, 6.45) is 0. The predicted octanol–water partition coefficient (Wildman–Crippen LogP) is 2.41. The second kappa shape index (κ2) is 9.14. The number of aryl methyl sites for hydroxylation is 1. The molecule has 3 aromatic rings. The number of amides is 1. The zero-order valence-electron chi connectivity index (χ0n) is 18.1. The molecule has 1 aromatic heterocycles. The van der Waals surface area contributed by atoms with Crippen molar-refractivity contribution in [3.8, 4) is 0 Å². The standard InChI is InChI=1S/C22H26N4O4S2/c1-3-26-19-9-8-18(14-20(19)31-22(26)28)23-21(27)17-6-4-16(5-7-17)15-32(29,30)25-12-10-24(2)11-13-25/h4-9,14H,3,10-13,15H2,1-2H3,(H,23,27). The fourth-order valence-corrected chi connectivity index (χ4v) is 6.28. The smallest absolute Gasteiger partial charge is 0.308 e. The number of aromatic nitrogens is 1. The zero-order chi connectivity index (χ0) is 22.9. The summed E-state index contributed by atoms with van der Waals surface area (Å²) in [6.45, 7) is 4.97. The van der Waals surface area contributed by atoms with Crippen LogP contribution < -0.4 is 10.2 Å². The first-order chi connectivity index (χ1) is 15.3. The number of benzene rings is 2. The van der Waals surface area contributed by atoms with Gasteiger partial charge >= 0.3 is 4.87 Å². The number of sulfonamides is 1. The van der Waals surface area contributed by atoms with Crippen LogP contribution in [-0.2, 0) is 22.3 Å². The Morgan fingerprint density at radius 1 is 1.06 bits per heavy atom. The maximum atomic E-state index is 12.7. The molecule has 0 unspecified atom stereocenters. The lowest BCUT2D eigenvalue weighted by Gasteiger charge is -2.31. The first kappa shape index (κ1) is 22.7. The summed E-state index contributed by atoms with van der Waals surface area (Å²) < 4.78 is 29.4. The topological polar surface area (TPSA) is 91.7 Å². The van der Waals surface area contributed by atoms with E-state index in [2.05, 4.69) is 10.2 Å². The van der Waals surface area contributed by atoms with E-state index in [9.17, 15) is 18.0 Å². The van der Waals surface area contributed by atoms with E-state index in [1.165, 1.54) is 4.31 Å². The van der Waals surface area contributed by atoms with Crippen molar-refractivity contribution in [2.24, 2.45) is 0 Å². The quantitative estimate of drug-likeness (QED) is 0.592. The highest BCUT2D eigenvalue weighted by Gasteiger charge is 2.25. The number of nitrogens with zero attached hydrogens (tertiary/aromatic N) is 3. The fourth-order valence-electron chi connectivity index (χ4n) is 3.77. The zero-order valence-corrected chi connectivity index (χ0v) is 19.7. The number of piperazine rings is 1. The van der Waals surface area contributed by atoms with Gasteiger partial charge in [-0.15, -0.1) is 0 Å². The molecule has 0 atom stereocenters. The van der Waals surface area contributed by atoms with Crippen LogP contribution in [0.1, 0.15) is 22.8 Å². The number of carbonyl (C=O) groups excluding carboxylic acids is 1. The molecule has 1 aliphatic rings. The van der Waals surface area contributed by atoms with Gasteiger partial charge in [-0.2, -0.15) is 4.31 Å². The molecule has 0 spiro atoms. The molecule has 2 aromatic carbocycles. The number of hydrogen-bond donors (Lipinski definition) is 1. The van der Waals surface area contributed by atoms with Gasteiger partial charge in [0.2, 0.25) is 10.0 Å². The van der Waals surface area contributed by atoms with Crippen molar-refractivity contribution < 1.29 is 13.2 Å². The van der Waals surface area contributed by atoms with Gasteiger partial charge in [0, 0.05) is 44.0 Å². The summed E-state index contributed by atoms with van der Waals surface area (Å²) in [4.78, 5) is 26.8. The highest BCUT2D eigenvalue weighted by Crippen LogP contribution is 2.22. The number of carbonyl (C=O) groups is 1. The van der Waals surface area contributed by atoms with Gasteiger partial charge < -0.3 is 10.2 Å². The van der Waals surface area contributed by atoms with E-state index in [1.54, 1.807) is 41.0 Å². The minimum atomic E-state index is -3.39. The van der Waals surface area contributed by atoms with Gasteiger partial charge in [-0.25, -0.2) is 8.42 Å². The van der Waals surface area contributed by atoms with Crippen molar-refractivity contribution in [3.05, 3.63) is 63.3 Å². The van der Waals surface area contributed by atoms with Crippen LogP contribution >= 0.6 is 11.3 Å². The molecule has 8 nitrogen and oxygen atoms in total. The van der Waals surface area contributed by atoms with Crippen molar-refractivity contribution in [2.45, 2.75) is 19.2 Å². The summed E-state index contributed by atoms with van der Waals surface area (Å²) in [5.74, 6) is -0.372. The Kier molecular flexibility index (Phi) is 6.47. The first-order valence-corrected chi connectivity index (χ1v) is 12.9. The van der Waals surface area contributed by atoms with Crippen LogP contribution in [0.3, 0.4) is 0 Å². The maximum absolute atomic E-state index is 12.7. The van der Waals surface area contributed by atoms with Crippen molar-refractivity contribution in [1.82, 2.24) is 13.8 Å². The third-order valence-corrected chi connectivity index (χ3v) is 8.46. The Morgan fingerprint density at radius 3 is 2.41 bits per heavy atom. The molecule has 0 radical (unpaired) electrons. The summed E-state index contributed by atoms with van der Waals surface area (Å²) >= 11 is 1.15. The Morgan fingerprint density at radius 2 is 1.75 bits per heavy atom. The van der Waals surface area contributed by atoms with E-state index in [-0.39, 0.29) is 16.5 Å². The molecule has 2 heterocycles. The Bertz CT molecular complexity index is 1290. The highest BCUT2D eigenvalue weighted by molar-refractivity contribution is 7.88. The van der Waals surface area contributed by atoms with Crippen LogP contribution in [0.15, 0.2) is 47.3 Å². The van der Waals surface area contributed by atoms with Crippen molar-refractivity contribution >= 4 is 43.2 Å². The highest BCUT2D eigenvalue weighted by atomic mass is 32.2. The molecular formula is C22H26N4O4S2. The Labute approximate surface area is 191 Å². The van der Waals surface area contributed by atoms with Crippen molar-refractivity contribution in [3.63, 3.8) is 0 Å². The van der Waals surface area contributed by atoms with Gasteiger partial charge in [-0.05, 0) is 49.9 Å². The van der Waals surface area contributed by atoms with E-state index in [0.717, 1.165) is 34.6 Å². The Balaban J connectivity index is 1.43. The minimum Gasteiger partial charge on any atom is -0.322 e. The third kappa shape index (κ3) is 4.78. The second-order valence-corrected chi connectivity index (χ2v) is 10.9. The van der Waals surface area contributed by atoms with Gasteiger partial charge in [-0.3, -0.25) is 14.2 Å². The fraction of sp³-hybridized carbons (Fsp3) is 0.364. The molecule has 32 heavy (non-hydrogen) atoms. The predicted molar refractivity (Wildman–Crippen MR) is 128 cm³/mol. The lowest BCUT2D eigenvalue weighted by Crippen LogP contribution is -2.47. The normalized spacial score (nSPS) is 15.8. The summed E-state index contributed by atoms with van der Waals surface area (Å²) in [7, 11) is -1.41. The van der Waals surface area contributed by atoms with Gasteiger partial charge in [0.1, 0.15) is 0 Å². The molecule has 0 saturated carbocycles. The number of anilines is 1. The molecule has 1 aliphatic heterocycles. The lowest BCUT2D eigenvalue weighted by atomic mass is 10.1. The van der Waals surface area contributed by atoms with Crippen LogP contribution in [0.4, 0.5) is 5.69 Å². The molecule has 1 amide bonds. The monoisotopic (exact) mass is 474 g/mol. The number of rotatable bonds is 6. The lowest BCUT2D eigenvalue weighted by molar-refractivity contribution is 0.102. The van der Waals surface area contributed by atoms with Gasteiger partial charge in [0.15, 0.2) is 0 Å². The van der Waals surface area contributed by atoms with E-state index in [0.29, 0.717) is 36.4 Å². The summed E-state index contributed by atoms with van der Waals surface area (Å²) in [5, 5.41) is 2.85. The minimum absolute atomic E-state index is 0.0203. The van der Waals surface area contributed by atoms with E-state index >= 15 is 0 Å². The molecule has 10 heteroatoms. The second-order valence-electron chi connectivity index (χ2n) is 7.90. The van der Waals surface area contributed by atoms with E-state index < -0.39 is 10.0 Å². The van der Waals surface area contributed by atoms with Gasteiger partial charge in [0.25, 0.3) is 5.91 Å². The van der Waals surface area contributed by atoms with E-state index in [4.69, 9.17) is 0 Å². The number of nitrogens with one attached hydrogen (secondary N) is 1. The van der Waals surface area contributed by atoms with Gasteiger partial charge in [-0.1, -0.05) is 23.5 Å². The van der Waals surface area contributed by atoms with Gasteiger partial charge in [0.05, 0.1) is 16.0 Å². The molecule has 0 bridgehead atoms. The number of hydrogen-bond acceptors (Lipinski definition) is 6. The van der Waals surface area contributed by atoms with E-state index in [1.807, 2.05) is 20.0 Å². The number of thiazole rings is 1. The molecule has 0 aliphatic carbocycles. The molecule has 170 valence electrons. The van der Waals surface area contributed by atoms with Crippen LogP contribution in [-0.4, -0.2) is 61.3 Å². The summed E-state index contributed by atoms with van der Waals surface area (Å²) in [5.41, 5.74) is 2.54. The maximum Gasteiger partial charge on any atom is 0.308 e. The average Bonchev–Trinajstić information content (AvgIpc) is 3.08. The number of likely N-dealkylation sites (N-methyl/N-ethyl adjacent to an activating group) is 1. The largest absolute Gasteiger partial charge is 0.322 e. The van der Waals surface area contributed by atoms with Crippen LogP contribution in [0.5, 0.6) is 0 Å². The van der Waals surface area contributed by atoms with Crippen molar-refractivity contribution in [2.75, 3.05) is 38.5 Å². The Hall–Kier alpha value is -2.53. The molecule has 4 rings (SSSR count). The SMILES string of the molecule is CCn1c(=O)sc2cc(NC(=O)c3ccc(CS(=O)(=O)N4CCN(C)CC4)cc3)ccc21. The van der Waals surface area contributed by atoms with Crippen molar-refractivity contribution in [1.29, 1.82) is 0 Å². The summed E-state index contributed by atoms with van der Waals surface area (Å²) in [6, 6.07) is 12.0. The molecule has 1 N–H and O–H groups in total. The van der Waals surface area contributed by atoms with Crippen LogP contribution in [0.2, 0.25) is 0 Å².